The normalized spacial score (nSPS) is 10.6. The number of hydrogen-bond donors (Lipinski definition) is 2. The van der Waals surface area contributed by atoms with Crippen LogP contribution >= 0.6 is 0 Å². The average molecular weight is 404 g/mol. The lowest BCUT2D eigenvalue weighted by Crippen LogP contribution is -2.02. The Balaban J connectivity index is 1.78. The maximum absolute atomic E-state index is 12.1. The number of Topliss-reactive ketones (excluding diaryl/α,β-unsaturated/α-hetero) is 1. The van der Waals surface area contributed by atoms with E-state index in [2.05, 4.69) is 0 Å². The minimum atomic E-state index is -0.965. The number of aromatic hydroxyl groups is 1. The largest absolute Gasteiger partial charge is 0.507 e. The molecule has 0 saturated heterocycles. The molecule has 0 aliphatic carbocycles. The van der Waals surface area contributed by atoms with Crippen molar-refractivity contribution in [3.05, 3.63) is 82.9 Å². The van der Waals surface area contributed by atoms with E-state index in [1.54, 1.807) is 37.3 Å². The average Bonchev–Trinajstić information content (AvgIpc) is 2.75. The first-order valence-electron chi connectivity index (χ1n) is 9.82. The molecular weight excluding hydrogens is 380 g/mol. The summed E-state index contributed by atoms with van der Waals surface area (Å²) in [4.78, 5) is 23.3. The molecule has 0 aromatic heterocycles. The molecular formula is C25H24O5. The molecule has 3 aromatic carbocycles. The predicted octanol–water partition coefficient (Wildman–Crippen LogP) is 5.63. The van der Waals surface area contributed by atoms with Crippen molar-refractivity contribution in [1.29, 1.82) is 0 Å². The summed E-state index contributed by atoms with van der Waals surface area (Å²) in [6, 6.07) is 17.7. The monoisotopic (exact) mass is 404 g/mol. The number of rotatable bonds is 8. The Labute approximate surface area is 175 Å². The molecule has 0 amide bonds. The fraction of sp³-hybridized carbons (Fsp3) is 0.200. The second kappa shape index (κ2) is 9.27. The SMILES string of the molecule is CCCC(=O)c1ccc(OCc2cccc(-c3cccc(C(=O)O)c3)c2)c(C)c1O. The van der Waals surface area contributed by atoms with E-state index in [4.69, 9.17) is 4.74 Å². The number of carboxylic acids is 1. The molecule has 0 radical (unpaired) electrons. The van der Waals surface area contributed by atoms with E-state index in [0.29, 0.717) is 23.3 Å². The van der Waals surface area contributed by atoms with Gasteiger partial charge in [0.05, 0.1) is 11.1 Å². The number of phenolic OH excluding ortho intramolecular Hbond substituents is 1. The third-order valence-corrected chi connectivity index (χ3v) is 4.92. The van der Waals surface area contributed by atoms with Gasteiger partial charge in [-0.15, -0.1) is 0 Å². The van der Waals surface area contributed by atoms with Gasteiger partial charge >= 0.3 is 5.97 Å². The zero-order chi connectivity index (χ0) is 21.7. The van der Waals surface area contributed by atoms with Crippen LogP contribution in [0.2, 0.25) is 0 Å². The highest BCUT2D eigenvalue weighted by Gasteiger charge is 2.15. The first-order valence-corrected chi connectivity index (χ1v) is 9.82. The Morgan fingerprint density at radius 2 is 1.67 bits per heavy atom. The van der Waals surface area contributed by atoms with E-state index in [9.17, 15) is 19.8 Å². The molecule has 0 bridgehead atoms. The Kier molecular flexibility index (Phi) is 6.52. The van der Waals surface area contributed by atoms with Crippen molar-refractivity contribution in [3.8, 4) is 22.6 Å². The number of ether oxygens (including phenoxy) is 1. The summed E-state index contributed by atoms with van der Waals surface area (Å²) in [5.74, 6) is -0.572. The van der Waals surface area contributed by atoms with Gasteiger partial charge in [0.2, 0.25) is 0 Å². The van der Waals surface area contributed by atoms with Crippen molar-refractivity contribution in [3.63, 3.8) is 0 Å². The Hall–Kier alpha value is -3.60. The smallest absolute Gasteiger partial charge is 0.335 e. The number of phenols is 1. The van der Waals surface area contributed by atoms with Crippen molar-refractivity contribution in [2.45, 2.75) is 33.3 Å². The van der Waals surface area contributed by atoms with Crippen molar-refractivity contribution in [2.24, 2.45) is 0 Å². The topological polar surface area (TPSA) is 83.8 Å². The van der Waals surface area contributed by atoms with Gasteiger partial charge in [-0.1, -0.05) is 37.3 Å². The van der Waals surface area contributed by atoms with Crippen LogP contribution < -0.4 is 4.74 Å². The zero-order valence-electron chi connectivity index (χ0n) is 17.0. The van der Waals surface area contributed by atoms with Gasteiger partial charge < -0.3 is 14.9 Å². The van der Waals surface area contributed by atoms with Crippen LogP contribution in [0.25, 0.3) is 11.1 Å². The van der Waals surface area contributed by atoms with Gasteiger partial charge in [-0.3, -0.25) is 4.79 Å². The van der Waals surface area contributed by atoms with Crippen LogP contribution in [0.4, 0.5) is 0 Å². The number of carboxylic acid groups (broad SMARTS) is 1. The molecule has 2 N–H and O–H groups in total. The first-order chi connectivity index (χ1) is 14.4. The van der Waals surface area contributed by atoms with Gasteiger partial charge in [0, 0.05) is 12.0 Å². The summed E-state index contributed by atoms with van der Waals surface area (Å²) >= 11 is 0. The van der Waals surface area contributed by atoms with Gasteiger partial charge in [-0.25, -0.2) is 4.79 Å². The lowest BCUT2D eigenvalue weighted by Gasteiger charge is -2.13. The van der Waals surface area contributed by atoms with Gasteiger partial charge in [0.15, 0.2) is 5.78 Å². The van der Waals surface area contributed by atoms with Gasteiger partial charge in [0.25, 0.3) is 0 Å². The second-order valence-electron chi connectivity index (χ2n) is 7.13. The van der Waals surface area contributed by atoms with Crippen molar-refractivity contribution >= 4 is 11.8 Å². The number of benzene rings is 3. The highest BCUT2D eigenvalue weighted by Crippen LogP contribution is 2.32. The lowest BCUT2D eigenvalue weighted by molar-refractivity contribution is 0.0696. The van der Waals surface area contributed by atoms with Crippen LogP contribution in [-0.4, -0.2) is 22.0 Å². The molecule has 0 fully saturated rings. The number of aromatic carboxylic acids is 1. The summed E-state index contributed by atoms with van der Waals surface area (Å²) < 4.78 is 5.89. The molecule has 0 unspecified atom stereocenters. The van der Waals surface area contributed by atoms with Gasteiger partial charge in [0.1, 0.15) is 18.1 Å². The first kappa shape index (κ1) is 21.1. The maximum atomic E-state index is 12.1. The molecule has 0 aliphatic heterocycles. The molecule has 0 aliphatic rings. The second-order valence-corrected chi connectivity index (χ2v) is 7.13. The third-order valence-electron chi connectivity index (χ3n) is 4.92. The number of hydrogen-bond acceptors (Lipinski definition) is 4. The summed E-state index contributed by atoms with van der Waals surface area (Å²) in [7, 11) is 0. The molecule has 0 heterocycles. The van der Waals surface area contributed by atoms with E-state index in [1.807, 2.05) is 37.3 Å². The van der Waals surface area contributed by atoms with E-state index >= 15 is 0 Å². The molecule has 5 heteroatoms. The molecule has 3 rings (SSSR count). The number of carbonyl (C=O) groups is 2. The summed E-state index contributed by atoms with van der Waals surface area (Å²) in [5.41, 5.74) is 3.68. The number of carbonyl (C=O) groups excluding carboxylic acids is 1. The quantitative estimate of drug-likeness (QED) is 0.476. The highest BCUT2D eigenvalue weighted by molar-refractivity contribution is 5.99. The Bertz CT molecular complexity index is 1080. The lowest BCUT2D eigenvalue weighted by atomic mass is 10.0. The van der Waals surface area contributed by atoms with Crippen LogP contribution in [-0.2, 0) is 6.61 Å². The predicted molar refractivity (Wildman–Crippen MR) is 115 cm³/mol. The third kappa shape index (κ3) is 4.69. The standard InChI is InChI=1S/C25H24O5/c1-3-6-22(26)21-11-12-23(16(2)24(21)27)30-15-17-7-4-8-18(13-17)19-9-5-10-20(14-19)25(28)29/h4-5,7-14,27H,3,6,15H2,1-2H3,(H,28,29). The van der Waals surface area contributed by atoms with E-state index < -0.39 is 5.97 Å². The summed E-state index contributed by atoms with van der Waals surface area (Å²) in [6.45, 7) is 3.92. The van der Waals surface area contributed by atoms with Gasteiger partial charge in [-0.2, -0.15) is 0 Å². The molecule has 30 heavy (non-hydrogen) atoms. The fourth-order valence-electron chi connectivity index (χ4n) is 3.26. The molecule has 3 aromatic rings. The molecule has 154 valence electrons. The van der Waals surface area contributed by atoms with Crippen LogP contribution in [0.1, 0.15) is 51.6 Å². The molecule has 5 nitrogen and oxygen atoms in total. The van der Waals surface area contributed by atoms with Crippen LogP contribution in [0.15, 0.2) is 60.7 Å². The van der Waals surface area contributed by atoms with Gasteiger partial charge in [-0.05, 0) is 60.4 Å². The van der Waals surface area contributed by atoms with E-state index in [0.717, 1.165) is 23.1 Å². The van der Waals surface area contributed by atoms with Crippen molar-refractivity contribution < 1.29 is 24.5 Å². The van der Waals surface area contributed by atoms with E-state index in [-0.39, 0.29) is 23.7 Å². The molecule has 0 saturated carbocycles. The van der Waals surface area contributed by atoms with Crippen molar-refractivity contribution in [1.82, 2.24) is 0 Å². The van der Waals surface area contributed by atoms with Crippen LogP contribution in [0.5, 0.6) is 11.5 Å². The number of ketones is 1. The maximum Gasteiger partial charge on any atom is 0.335 e. The highest BCUT2D eigenvalue weighted by atomic mass is 16.5. The minimum absolute atomic E-state index is 0.0369. The van der Waals surface area contributed by atoms with Crippen molar-refractivity contribution in [2.75, 3.05) is 0 Å². The summed E-state index contributed by atoms with van der Waals surface area (Å²) in [5, 5.41) is 19.6. The molecule has 0 spiro atoms. The van der Waals surface area contributed by atoms with E-state index in [1.165, 1.54) is 0 Å². The zero-order valence-corrected chi connectivity index (χ0v) is 17.0. The Morgan fingerprint density at radius 3 is 2.37 bits per heavy atom. The Morgan fingerprint density at radius 1 is 0.967 bits per heavy atom. The fourth-order valence-corrected chi connectivity index (χ4v) is 3.26. The van der Waals surface area contributed by atoms with Crippen LogP contribution in [0, 0.1) is 6.92 Å². The summed E-state index contributed by atoms with van der Waals surface area (Å²) in [6.07, 6.45) is 1.12. The molecule has 0 atom stereocenters. The minimum Gasteiger partial charge on any atom is -0.507 e. The van der Waals surface area contributed by atoms with Crippen LogP contribution in [0.3, 0.4) is 0 Å².